The van der Waals surface area contributed by atoms with E-state index in [1.807, 2.05) is 0 Å². The van der Waals surface area contributed by atoms with E-state index in [1.54, 1.807) is 12.1 Å². The van der Waals surface area contributed by atoms with Crippen LogP contribution in [-0.4, -0.2) is 22.0 Å². The van der Waals surface area contributed by atoms with Gasteiger partial charge in [0.1, 0.15) is 5.82 Å². The van der Waals surface area contributed by atoms with E-state index in [4.69, 9.17) is 0 Å². The molecule has 2 rings (SSSR count). The monoisotopic (exact) mass is 297 g/mol. The highest BCUT2D eigenvalue weighted by Crippen LogP contribution is 2.41. The second-order valence-corrected chi connectivity index (χ2v) is 7.92. The molecule has 0 aromatic heterocycles. The summed E-state index contributed by atoms with van der Waals surface area (Å²) in [5.74, 6) is -0.314. The molecule has 1 fully saturated rings. The Hall–Kier alpha value is -0.740. The van der Waals surface area contributed by atoms with E-state index in [2.05, 4.69) is 26.1 Å². The largest absolute Gasteiger partial charge is 0.312 e. The molecule has 0 heterocycles. The maximum atomic E-state index is 13.3. The molecule has 0 aliphatic heterocycles. The third-order valence-corrected chi connectivity index (χ3v) is 5.98. The quantitative estimate of drug-likeness (QED) is 0.901. The maximum Gasteiger partial charge on any atom is 0.124 e. The van der Waals surface area contributed by atoms with Crippen molar-refractivity contribution >= 4 is 10.8 Å². The van der Waals surface area contributed by atoms with Crippen LogP contribution >= 0.6 is 0 Å². The van der Waals surface area contributed by atoms with Crippen molar-refractivity contribution in [2.45, 2.75) is 56.2 Å². The molecule has 0 spiro atoms. The van der Waals surface area contributed by atoms with Crippen LogP contribution in [0.2, 0.25) is 0 Å². The van der Waals surface area contributed by atoms with Gasteiger partial charge in [0.15, 0.2) is 0 Å². The summed E-state index contributed by atoms with van der Waals surface area (Å²) in [7, 11) is -1.15. The van der Waals surface area contributed by atoms with Crippen LogP contribution in [0.3, 0.4) is 0 Å². The Bertz CT molecular complexity index is 489. The molecule has 1 aromatic carbocycles. The van der Waals surface area contributed by atoms with Gasteiger partial charge < -0.3 is 5.32 Å². The molecule has 0 amide bonds. The zero-order valence-corrected chi connectivity index (χ0v) is 13.3. The van der Waals surface area contributed by atoms with Gasteiger partial charge in [-0.2, -0.15) is 0 Å². The van der Waals surface area contributed by atoms with Crippen molar-refractivity contribution in [3.63, 3.8) is 0 Å². The number of hydrogen-bond donors (Lipinski definition) is 1. The summed E-state index contributed by atoms with van der Waals surface area (Å²) < 4.78 is 26.1. The van der Waals surface area contributed by atoms with E-state index in [-0.39, 0.29) is 22.5 Å². The van der Waals surface area contributed by atoms with Crippen LogP contribution in [0.5, 0.6) is 0 Å². The number of nitrogens with one attached hydrogen (secondary N) is 1. The van der Waals surface area contributed by atoms with Crippen molar-refractivity contribution in [3.05, 3.63) is 30.1 Å². The summed E-state index contributed by atoms with van der Waals surface area (Å²) in [5, 5.41) is 3.62. The molecule has 112 valence electrons. The highest BCUT2D eigenvalue weighted by molar-refractivity contribution is 7.85. The molecular weight excluding hydrogens is 273 g/mol. The molecule has 1 aromatic rings. The van der Waals surface area contributed by atoms with E-state index < -0.39 is 10.8 Å². The summed E-state index contributed by atoms with van der Waals surface area (Å²) in [4.78, 5) is 0.607. The Morgan fingerprint density at radius 2 is 2.20 bits per heavy atom. The lowest BCUT2D eigenvalue weighted by molar-refractivity contribution is 0.286. The topological polar surface area (TPSA) is 29.1 Å². The van der Waals surface area contributed by atoms with Gasteiger partial charge in [0.25, 0.3) is 0 Å². The Morgan fingerprint density at radius 3 is 2.85 bits per heavy atom. The second kappa shape index (κ2) is 6.35. The van der Waals surface area contributed by atoms with Gasteiger partial charge >= 0.3 is 0 Å². The Morgan fingerprint density at radius 1 is 1.45 bits per heavy atom. The number of halogens is 1. The highest BCUT2D eigenvalue weighted by atomic mass is 32.2. The van der Waals surface area contributed by atoms with Gasteiger partial charge in [-0.1, -0.05) is 26.8 Å². The van der Waals surface area contributed by atoms with Crippen molar-refractivity contribution in [1.82, 2.24) is 5.32 Å². The van der Waals surface area contributed by atoms with E-state index in [9.17, 15) is 8.60 Å². The Balaban J connectivity index is 2.20. The van der Waals surface area contributed by atoms with Crippen LogP contribution in [0.1, 0.15) is 40.0 Å². The van der Waals surface area contributed by atoms with Crippen molar-refractivity contribution in [2.24, 2.45) is 5.41 Å². The van der Waals surface area contributed by atoms with Crippen LogP contribution < -0.4 is 5.32 Å². The van der Waals surface area contributed by atoms with Gasteiger partial charge in [0.05, 0.1) is 16.0 Å². The van der Waals surface area contributed by atoms with Crippen LogP contribution in [0.25, 0.3) is 0 Å². The van der Waals surface area contributed by atoms with Gasteiger partial charge in [0, 0.05) is 10.9 Å². The minimum absolute atomic E-state index is 0.0679. The normalized spacial score (nSPS) is 26.6. The summed E-state index contributed by atoms with van der Waals surface area (Å²) in [6.07, 6.45) is 3.05. The van der Waals surface area contributed by atoms with E-state index >= 15 is 0 Å². The first-order valence-corrected chi connectivity index (χ1v) is 8.56. The maximum absolute atomic E-state index is 13.3. The molecule has 1 aliphatic rings. The van der Waals surface area contributed by atoms with E-state index in [1.165, 1.54) is 12.1 Å². The third-order valence-electron chi connectivity index (χ3n) is 4.20. The lowest BCUT2D eigenvalue weighted by Gasteiger charge is -2.31. The highest BCUT2D eigenvalue weighted by Gasteiger charge is 2.44. The van der Waals surface area contributed by atoms with Gasteiger partial charge in [-0.05, 0) is 49.4 Å². The number of rotatable bonds is 5. The average molecular weight is 297 g/mol. The second-order valence-electron chi connectivity index (χ2n) is 6.25. The summed E-state index contributed by atoms with van der Waals surface area (Å²) >= 11 is 0. The zero-order chi connectivity index (χ0) is 14.8. The fourth-order valence-electron chi connectivity index (χ4n) is 3.04. The zero-order valence-electron chi connectivity index (χ0n) is 12.5. The molecule has 0 bridgehead atoms. The Labute approximate surface area is 123 Å². The molecule has 1 saturated carbocycles. The van der Waals surface area contributed by atoms with Crippen LogP contribution in [0.15, 0.2) is 29.2 Å². The fourth-order valence-corrected chi connectivity index (χ4v) is 4.88. The summed E-state index contributed by atoms with van der Waals surface area (Å²) in [5.41, 5.74) is 0.142. The predicted molar refractivity (Wildman–Crippen MR) is 81.7 cm³/mol. The molecule has 3 unspecified atom stereocenters. The summed E-state index contributed by atoms with van der Waals surface area (Å²) in [6, 6.07) is 6.43. The van der Waals surface area contributed by atoms with E-state index in [0.29, 0.717) is 4.90 Å². The van der Waals surface area contributed by atoms with Gasteiger partial charge in [-0.15, -0.1) is 0 Å². The molecule has 1 N–H and O–H groups in total. The molecule has 0 saturated heterocycles. The predicted octanol–water partition coefficient (Wildman–Crippen LogP) is 3.49. The third kappa shape index (κ3) is 3.29. The Kier molecular flexibility index (Phi) is 4.97. The summed E-state index contributed by atoms with van der Waals surface area (Å²) in [6.45, 7) is 7.52. The van der Waals surface area contributed by atoms with Crippen molar-refractivity contribution in [3.8, 4) is 0 Å². The van der Waals surface area contributed by atoms with Crippen molar-refractivity contribution in [1.29, 1.82) is 0 Å². The standard InChI is InChI=1S/C16H24FNOS/c1-4-10-18-15-14(8-9-16(15,2)3)20(19)13-7-5-6-12(17)11-13/h5-7,11,14-15,18H,4,8-10H2,1-3H3. The smallest absolute Gasteiger partial charge is 0.124 e. The fraction of sp³-hybridized carbons (Fsp3) is 0.625. The van der Waals surface area contributed by atoms with Crippen molar-refractivity contribution < 1.29 is 8.60 Å². The van der Waals surface area contributed by atoms with Gasteiger partial charge in [-0.3, -0.25) is 4.21 Å². The minimum atomic E-state index is -1.15. The average Bonchev–Trinajstić information content (AvgIpc) is 2.70. The van der Waals surface area contributed by atoms with Crippen LogP contribution in [0, 0.1) is 11.2 Å². The number of hydrogen-bond acceptors (Lipinski definition) is 2. The minimum Gasteiger partial charge on any atom is -0.312 e. The molecule has 20 heavy (non-hydrogen) atoms. The van der Waals surface area contributed by atoms with Crippen LogP contribution in [-0.2, 0) is 10.8 Å². The van der Waals surface area contributed by atoms with Gasteiger partial charge in [0.2, 0.25) is 0 Å². The molecule has 4 heteroatoms. The molecule has 3 atom stereocenters. The lowest BCUT2D eigenvalue weighted by atomic mass is 9.87. The molecule has 2 nitrogen and oxygen atoms in total. The number of benzene rings is 1. The SMILES string of the molecule is CCCNC1C(S(=O)c2cccc(F)c2)CCC1(C)C. The molecular formula is C16H24FNOS. The molecule has 1 aliphatic carbocycles. The van der Waals surface area contributed by atoms with Gasteiger partial charge in [-0.25, -0.2) is 4.39 Å². The van der Waals surface area contributed by atoms with E-state index in [0.717, 1.165) is 25.8 Å². The van der Waals surface area contributed by atoms with Crippen molar-refractivity contribution in [2.75, 3.05) is 6.54 Å². The lowest BCUT2D eigenvalue weighted by Crippen LogP contribution is -2.46. The molecule has 0 radical (unpaired) electrons. The van der Waals surface area contributed by atoms with Crippen LogP contribution in [0.4, 0.5) is 4.39 Å². The first kappa shape index (κ1) is 15.6. The first-order valence-electron chi connectivity index (χ1n) is 7.35. The first-order chi connectivity index (χ1) is 9.45.